The average molecular weight is 242 g/mol. The van der Waals surface area contributed by atoms with E-state index in [0.717, 1.165) is 0 Å². The van der Waals surface area contributed by atoms with Crippen LogP contribution in [0.1, 0.15) is 5.56 Å². The molecule has 5 heteroatoms. The van der Waals surface area contributed by atoms with Gasteiger partial charge in [0.2, 0.25) is 0 Å². The summed E-state index contributed by atoms with van der Waals surface area (Å²) in [5, 5.41) is 1.40. The van der Waals surface area contributed by atoms with E-state index in [4.69, 9.17) is 5.73 Å². The summed E-state index contributed by atoms with van der Waals surface area (Å²) in [7, 11) is 0. The van der Waals surface area contributed by atoms with Crippen LogP contribution in [-0.2, 0) is 5.92 Å². The average Bonchev–Trinajstić information content (AvgIpc) is 2.36. The van der Waals surface area contributed by atoms with Gasteiger partial charge in [0, 0.05) is 10.9 Å². The van der Waals surface area contributed by atoms with Gasteiger partial charge < -0.3 is 5.73 Å². The predicted octanol–water partition coefficient (Wildman–Crippen LogP) is 2.56. The van der Waals surface area contributed by atoms with Crippen LogP contribution in [0.5, 0.6) is 0 Å². The molecule has 0 saturated heterocycles. The van der Waals surface area contributed by atoms with Gasteiger partial charge in [-0.1, -0.05) is 0 Å². The quantitative estimate of drug-likeness (QED) is 0.847. The molecule has 1 aromatic heterocycles. The Morgan fingerprint density at radius 1 is 1.64 bits per heavy atom. The van der Waals surface area contributed by atoms with Crippen LogP contribution < -0.4 is 5.73 Å². The maximum atomic E-state index is 12.8. The molecular weight excluding hydrogens is 236 g/mol. The summed E-state index contributed by atoms with van der Waals surface area (Å²) in [6.07, 6.45) is 0. The highest BCUT2D eigenvalue weighted by atomic mass is 79.9. The zero-order chi connectivity index (χ0) is 8.48. The molecule has 0 aliphatic heterocycles. The van der Waals surface area contributed by atoms with Gasteiger partial charge in [0.05, 0.1) is 10.3 Å². The van der Waals surface area contributed by atoms with Gasteiger partial charge in [0.25, 0.3) is 5.92 Å². The molecule has 0 fully saturated rings. The minimum Gasteiger partial charge on any atom is -0.325 e. The molecule has 0 saturated carbocycles. The van der Waals surface area contributed by atoms with Crippen molar-refractivity contribution < 1.29 is 8.78 Å². The smallest absolute Gasteiger partial charge is 0.286 e. The Balaban J connectivity index is 2.92. The van der Waals surface area contributed by atoms with Crippen molar-refractivity contribution in [3.05, 3.63) is 20.8 Å². The molecule has 0 aliphatic rings. The summed E-state index contributed by atoms with van der Waals surface area (Å²) in [5.41, 5.74) is 4.87. The Kier molecular flexibility index (Phi) is 2.61. The third-order valence-corrected chi connectivity index (χ3v) is 2.75. The molecule has 2 N–H and O–H groups in total. The molecule has 1 nitrogen and oxygen atoms in total. The maximum absolute atomic E-state index is 12.8. The molecule has 1 rings (SSSR count). The van der Waals surface area contributed by atoms with E-state index in [0.29, 0.717) is 3.79 Å². The van der Waals surface area contributed by atoms with Crippen LogP contribution in [0.2, 0.25) is 0 Å². The van der Waals surface area contributed by atoms with Gasteiger partial charge in [0.15, 0.2) is 0 Å². The van der Waals surface area contributed by atoms with Crippen molar-refractivity contribution in [2.24, 2.45) is 5.73 Å². The standard InChI is InChI=1S/C6H6BrF2NS/c7-5-1-4(2-11-5)6(8,9)3-10/h1-2H,3,10H2. The monoisotopic (exact) mass is 241 g/mol. The van der Waals surface area contributed by atoms with Crippen molar-refractivity contribution in [1.82, 2.24) is 0 Å². The van der Waals surface area contributed by atoms with Crippen molar-refractivity contribution >= 4 is 27.3 Å². The Labute approximate surface area is 75.3 Å². The Morgan fingerprint density at radius 3 is 2.64 bits per heavy atom. The third-order valence-electron chi connectivity index (χ3n) is 1.25. The Morgan fingerprint density at radius 2 is 2.27 bits per heavy atom. The van der Waals surface area contributed by atoms with Gasteiger partial charge in [-0.3, -0.25) is 0 Å². The van der Waals surface area contributed by atoms with Crippen LogP contribution in [0, 0.1) is 0 Å². The van der Waals surface area contributed by atoms with Crippen LogP contribution in [0.3, 0.4) is 0 Å². The third kappa shape index (κ3) is 1.98. The fraction of sp³-hybridized carbons (Fsp3) is 0.333. The number of nitrogens with two attached hydrogens (primary N) is 1. The first kappa shape index (κ1) is 9.09. The largest absolute Gasteiger partial charge is 0.325 e. The normalized spacial score (nSPS) is 12.0. The Bertz CT molecular complexity index is 248. The van der Waals surface area contributed by atoms with Crippen LogP contribution in [-0.4, -0.2) is 6.54 Å². The van der Waals surface area contributed by atoms with Gasteiger partial charge in [-0.2, -0.15) is 8.78 Å². The summed E-state index contributed by atoms with van der Waals surface area (Å²) < 4.78 is 26.2. The molecule has 11 heavy (non-hydrogen) atoms. The van der Waals surface area contributed by atoms with E-state index in [1.807, 2.05) is 0 Å². The zero-order valence-corrected chi connectivity index (χ0v) is 7.88. The maximum Gasteiger partial charge on any atom is 0.286 e. The molecule has 0 unspecified atom stereocenters. The second-order valence-corrected chi connectivity index (χ2v) is 4.34. The van der Waals surface area contributed by atoms with E-state index in [1.165, 1.54) is 22.8 Å². The molecule has 0 bridgehead atoms. The molecule has 0 amide bonds. The lowest BCUT2D eigenvalue weighted by molar-refractivity contribution is 0.00636. The fourth-order valence-electron chi connectivity index (χ4n) is 0.620. The lowest BCUT2D eigenvalue weighted by Gasteiger charge is -2.10. The van der Waals surface area contributed by atoms with Gasteiger partial charge in [-0.25, -0.2) is 0 Å². The minimum absolute atomic E-state index is 0.0168. The van der Waals surface area contributed by atoms with E-state index in [1.54, 1.807) is 0 Å². The van der Waals surface area contributed by atoms with Crippen LogP contribution in [0.4, 0.5) is 8.78 Å². The summed E-state index contributed by atoms with van der Waals surface area (Å²) >= 11 is 4.33. The van der Waals surface area contributed by atoms with Crippen molar-refractivity contribution in [3.63, 3.8) is 0 Å². The predicted molar refractivity (Wildman–Crippen MR) is 45.0 cm³/mol. The first-order valence-corrected chi connectivity index (χ1v) is 4.56. The molecule has 0 aliphatic carbocycles. The number of thiophene rings is 1. The molecule has 62 valence electrons. The summed E-state index contributed by atoms with van der Waals surface area (Å²) in [6.45, 7) is -0.643. The number of hydrogen-bond acceptors (Lipinski definition) is 2. The summed E-state index contributed by atoms with van der Waals surface area (Å²) in [6, 6.07) is 1.39. The molecule has 0 spiro atoms. The SMILES string of the molecule is NCC(F)(F)c1csc(Br)c1. The minimum atomic E-state index is -2.89. The first-order chi connectivity index (χ1) is 5.06. The van der Waals surface area contributed by atoms with Crippen LogP contribution >= 0.6 is 27.3 Å². The van der Waals surface area contributed by atoms with Crippen molar-refractivity contribution in [1.29, 1.82) is 0 Å². The number of rotatable bonds is 2. The van der Waals surface area contributed by atoms with E-state index in [9.17, 15) is 8.78 Å². The first-order valence-electron chi connectivity index (χ1n) is 2.88. The van der Waals surface area contributed by atoms with Crippen molar-refractivity contribution in [3.8, 4) is 0 Å². The Hall–Kier alpha value is -0.000000000000000111. The number of alkyl halides is 2. The lowest BCUT2D eigenvalue weighted by Crippen LogP contribution is -2.24. The molecule has 0 radical (unpaired) electrons. The van der Waals surface area contributed by atoms with Crippen LogP contribution in [0.25, 0.3) is 0 Å². The lowest BCUT2D eigenvalue weighted by atomic mass is 10.2. The topological polar surface area (TPSA) is 26.0 Å². The summed E-state index contributed by atoms with van der Waals surface area (Å²) in [5.74, 6) is -2.89. The van der Waals surface area contributed by atoms with E-state index < -0.39 is 12.5 Å². The second-order valence-electron chi connectivity index (χ2n) is 2.05. The van der Waals surface area contributed by atoms with E-state index in [-0.39, 0.29) is 5.56 Å². The number of halogens is 3. The van der Waals surface area contributed by atoms with Gasteiger partial charge in [-0.05, 0) is 22.0 Å². The van der Waals surface area contributed by atoms with E-state index in [2.05, 4.69) is 15.9 Å². The number of hydrogen-bond donors (Lipinski definition) is 1. The molecule has 1 heterocycles. The van der Waals surface area contributed by atoms with Crippen LogP contribution in [0.15, 0.2) is 15.2 Å². The fourth-order valence-corrected chi connectivity index (χ4v) is 1.82. The van der Waals surface area contributed by atoms with Gasteiger partial charge in [0.1, 0.15) is 0 Å². The zero-order valence-electron chi connectivity index (χ0n) is 5.48. The summed E-state index contributed by atoms with van der Waals surface area (Å²) in [4.78, 5) is 0. The molecule has 0 atom stereocenters. The van der Waals surface area contributed by atoms with Crippen molar-refractivity contribution in [2.75, 3.05) is 6.54 Å². The second kappa shape index (κ2) is 3.16. The molecular formula is C6H6BrF2NS. The van der Waals surface area contributed by atoms with E-state index >= 15 is 0 Å². The highest BCUT2D eigenvalue weighted by molar-refractivity contribution is 9.11. The highest BCUT2D eigenvalue weighted by Gasteiger charge is 2.30. The highest BCUT2D eigenvalue weighted by Crippen LogP contribution is 2.32. The van der Waals surface area contributed by atoms with Gasteiger partial charge in [-0.15, -0.1) is 11.3 Å². The molecule has 1 aromatic rings. The van der Waals surface area contributed by atoms with Crippen molar-refractivity contribution in [2.45, 2.75) is 5.92 Å². The van der Waals surface area contributed by atoms with Gasteiger partial charge >= 0.3 is 0 Å². The molecule has 0 aromatic carbocycles.